The van der Waals surface area contributed by atoms with Gasteiger partial charge in [0.05, 0.1) is 17.4 Å². The van der Waals surface area contributed by atoms with E-state index in [-0.39, 0.29) is 6.01 Å². The van der Waals surface area contributed by atoms with Crippen molar-refractivity contribution < 1.29 is 14.6 Å². The first kappa shape index (κ1) is 15.8. The molecule has 134 valence electrons. The molecule has 5 rings (SSSR count). The summed E-state index contributed by atoms with van der Waals surface area (Å²) in [5.41, 5.74) is 3.78. The van der Waals surface area contributed by atoms with Gasteiger partial charge in [-0.15, -0.1) is 0 Å². The summed E-state index contributed by atoms with van der Waals surface area (Å²) in [6.45, 7) is -0.450. The van der Waals surface area contributed by atoms with Crippen LogP contribution < -0.4 is 4.74 Å². The SMILES string of the molecule is O=C(O)COc1nc2cnccc2n1-c1ccc(C2CC2)c2ccccc12. The summed E-state index contributed by atoms with van der Waals surface area (Å²) < 4.78 is 7.38. The number of nitrogens with zero attached hydrogens (tertiary/aromatic N) is 3. The summed E-state index contributed by atoms with van der Waals surface area (Å²) in [5, 5.41) is 11.3. The molecule has 2 aromatic heterocycles. The highest BCUT2D eigenvalue weighted by molar-refractivity contribution is 5.95. The van der Waals surface area contributed by atoms with Gasteiger partial charge in [0.2, 0.25) is 0 Å². The average molecular weight is 359 g/mol. The van der Waals surface area contributed by atoms with Gasteiger partial charge in [0, 0.05) is 11.6 Å². The summed E-state index contributed by atoms with van der Waals surface area (Å²) in [7, 11) is 0. The molecule has 0 bridgehead atoms. The van der Waals surface area contributed by atoms with Crippen molar-refractivity contribution in [3.05, 3.63) is 60.4 Å². The topological polar surface area (TPSA) is 77.2 Å². The van der Waals surface area contributed by atoms with Crippen LogP contribution in [0.3, 0.4) is 0 Å². The second kappa shape index (κ2) is 6.09. The van der Waals surface area contributed by atoms with E-state index in [1.54, 1.807) is 12.4 Å². The van der Waals surface area contributed by atoms with Crippen LogP contribution in [0, 0.1) is 0 Å². The Labute approximate surface area is 155 Å². The second-order valence-electron chi connectivity index (χ2n) is 6.77. The number of fused-ring (bicyclic) bond motifs is 2. The van der Waals surface area contributed by atoms with Crippen molar-refractivity contribution in [2.45, 2.75) is 18.8 Å². The zero-order valence-electron chi connectivity index (χ0n) is 14.5. The van der Waals surface area contributed by atoms with Crippen LogP contribution in [0.1, 0.15) is 24.3 Å². The van der Waals surface area contributed by atoms with E-state index in [9.17, 15) is 4.79 Å². The summed E-state index contributed by atoms with van der Waals surface area (Å²) in [4.78, 5) is 19.6. The Kier molecular flexibility index (Phi) is 3.57. The Balaban J connectivity index is 1.77. The van der Waals surface area contributed by atoms with Crippen LogP contribution in [0.2, 0.25) is 0 Å². The van der Waals surface area contributed by atoms with E-state index in [2.05, 4.69) is 40.3 Å². The lowest BCUT2D eigenvalue weighted by atomic mass is 9.99. The molecule has 0 unspecified atom stereocenters. The van der Waals surface area contributed by atoms with Crippen LogP contribution in [0.4, 0.5) is 0 Å². The number of hydrogen-bond acceptors (Lipinski definition) is 4. The summed E-state index contributed by atoms with van der Waals surface area (Å²) >= 11 is 0. The van der Waals surface area contributed by atoms with E-state index in [0.717, 1.165) is 16.6 Å². The van der Waals surface area contributed by atoms with Gasteiger partial charge in [0.15, 0.2) is 6.61 Å². The molecule has 6 nitrogen and oxygen atoms in total. The summed E-state index contributed by atoms with van der Waals surface area (Å²) in [6, 6.07) is 14.7. The van der Waals surface area contributed by atoms with Crippen LogP contribution in [0.5, 0.6) is 6.01 Å². The molecule has 2 heterocycles. The number of aliphatic carboxylic acids is 1. The highest BCUT2D eigenvalue weighted by Crippen LogP contribution is 2.44. The minimum Gasteiger partial charge on any atom is -0.479 e. The third-order valence-electron chi connectivity index (χ3n) is 4.94. The van der Waals surface area contributed by atoms with Gasteiger partial charge >= 0.3 is 12.0 Å². The van der Waals surface area contributed by atoms with E-state index in [4.69, 9.17) is 9.84 Å². The van der Waals surface area contributed by atoms with Crippen LogP contribution >= 0.6 is 0 Å². The summed E-state index contributed by atoms with van der Waals surface area (Å²) in [5.74, 6) is -0.406. The Hall–Kier alpha value is -3.41. The zero-order chi connectivity index (χ0) is 18.4. The molecule has 4 aromatic rings. The monoisotopic (exact) mass is 359 g/mol. The third-order valence-corrected chi connectivity index (χ3v) is 4.94. The number of imidazole rings is 1. The smallest absolute Gasteiger partial charge is 0.341 e. The third kappa shape index (κ3) is 2.70. The zero-order valence-corrected chi connectivity index (χ0v) is 14.5. The molecular formula is C21H17N3O3. The molecule has 0 saturated heterocycles. The van der Waals surface area contributed by atoms with Gasteiger partial charge in [-0.2, -0.15) is 4.98 Å². The fraction of sp³-hybridized carbons (Fsp3) is 0.190. The molecule has 0 radical (unpaired) electrons. The van der Waals surface area contributed by atoms with E-state index < -0.39 is 12.6 Å². The van der Waals surface area contributed by atoms with Crippen molar-refractivity contribution in [2.24, 2.45) is 0 Å². The fourth-order valence-corrected chi connectivity index (χ4v) is 3.62. The molecule has 1 fully saturated rings. The molecule has 1 aliphatic rings. The van der Waals surface area contributed by atoms with E-state index in [0.29, 0.717) is 11.4 Å². The van der Waals surface area contributed by atoms with Crippen LogP contribution in [-0.2, 0) is 4.79 Å². The first-order valence-electron chi connectivity index (χ1n) is 8.91. The first-order chi connectivity index (χ1) is 13.2. The van der Waals surface area contributed by atoms with Gasteiger partial charge in [0.1, 0.15) is 5.52 Å². The predicted molar refractivity (Wildman–Crippen MR) is 101 cm³/mol. The Morgan fingerprint density at radius 3 is 2.74 bits per heavy atom. The molecule has 27 heavy (non-hydrogen) atoms. The van der Waals surface area contributed by atoms with Gasteiger partial charge in [-0.05, 0) is 41.8 Å². The molecule has 0 atom stereocenters. The number of benzene rings is 2. The Morgan fingerprint density at radius 2 is 1.96 bits per heavy atom. The van der Waals surface area contributed by atoms with Gasteiger partial charge in [-0.1, -0.05) is 30.3 Å². The van der Waals surface area contributed by atoms with Gasteiger partial charge in [-0.25, -0.2) is 4.79 Å². The maximum absolute atomic E-state index is 11.0. The lowest BCUT2D eigenvalue weighted by Crippen LogP contribution is -2.12. The number of hydrogen-bond donors (Lipinski definition) is 1. The van der Waals surface area contributed by atoms with Crippen LogP contribution in [-0.4, -0.2) is 32.2 Å². The van der Waals surface area contributed by atoms with Crippen LogP contribution in [0.15, 0.2) is 54.9 Å². The van der Waals surface area contributed by atoms with Gasteiger partial charge < -0.3 is 9.84 Å². The normalized spacial score (nSPS) is 13.9. The van der Waals surface area contributed by atoms with Crippen molar-refractivity contribution in [3.8, 4) is 11.7 Å². The van der Waals surface area contributed by atoms with Crippen molar-refractivity contribution >= 4 is 27.8 Å². The number of rotatable bonds is 5. The number of aromatic nitrogens is 3. The Bertz CT molecular complexity index is 1180. The lowest BCUT2D eigenvalue weighted by Gasteiger charge is -2.14. The standard InChI is InChI=1S/C21H17N3O3/c25-20(26)12-27-21-23-17-11-22-10-9-19(17)24(21)18-8-7-14(13-5-6-13)15-3-1-2-4-16(15)18/h1-4,7-11,13H,5-6,12H2,(H,25,26). The van der Waals surface area contributed by atoms with Crippen molar-refractivity contribution in [3.63, 3.8) is 0 Å². The second-order valence-corrected chi connectivity index (χ2v) is 6.77. The molecule has 0 aliphatic heterocycles. The molecule has 1 aliphatic carbocycles. The fourth-order valence-electron chi connectivity index (χ4n) is 3.62. The number of pyridine rings is 1. The largest absolute Gasteiger partial charge is 0.479 e. The number of ether oxygens (including phenoxy) is 1. The average Bonchev–Trinajstić information content (AvgIpc) is 3.46. The number of carboxylic acid groups (broad SMARTS) is 1. The molecule has 1 N–H and O–H groups in total. The molecule has 0 amide bonds. The van der Waals surface area contributed by atoms with E-state index in [1.807, 2.05) is 16.7 Å². The van der Waals surface area contributed by atoms with E-state index in [1.165, 1.54) is 23.8 Å². The maximum Gasteiger partial charge on any atom is 0.341 e. The number of carbonyl (C=O) groups is 1. The van der Waals surface area contributed by atoms with E-state index >= 15 is 0 Å². The minimum absolute atomic E-state index is 0.254. The molecule has 1 saturated carbocycles. The summed E-state index contributed by atoms with van der Waals surface area (Å²) in [6.07, 6.45) is 5.81. The molecular weight excluding hydrogens is 342 g/mol. The first-order valence-corrected chi connectivity index (χ1v) is 8.91. The maximum atomic E-state index is 11.0. The quantitative estimate of drug-likeness (QED) is 0.584. The van der Waals surface area contributed by atoms with Crippen molar-refractivity contribution in [1.82, 2.24) is 14.5 Å². The van der Waals surface area contributed by atoms with Gasteiger partial charge in [0.25, 0.3) is 0 Å². The Morgan fingerprint density at radius 1 is 1.15 bits per heavy atom. The van der Waals surface area contributed by atoms with Crippen molar-refractivity contribution in [1.29, 1.82) is 0 Å². The van der Waals surface area contributed by atoms with Crippen molar-refractivity contribution in [2.75, 3.05) is 6.61 Å². The minimum atomic E-state index is -1.04. The predicted octanol–water partition coefficient (Wildman–Crippen LogP) is 3.91. The lowest BCUT2D eigenvalue weighted by molar-refractivity contribution is -0.139. The molecule has 2 aromatic carbocycles. The highest BCUT2D eigenvalue weighted by atomic mass is 16.5. The molecule has 6 heteroatoms. The number of carboxylic acids is 1. The molecule has 0 spiro atoms. The highest BCUT2D eigenvalue weighted by Gasteiger charge is 2.26. The van der Waals surface area contributed by atoms with Crippen LogP contribution in [0.25, 0.3) is 27.5 Å². The van der Waals surface area contributed by atoms with Gasteiger partial charge in [-0.3, -0.25) is 9.55 Å².